The van der Waals surface area contributed by atoms with Crippen molar-refractivity contribution in [3.8, 4) is 0 Å². The lowest BCUT2D eigenvalue weighted by molar-refractivity contribution is 0.102. The zero-order valence-electron chi connectivity index (χ0n) is 12.3. The Balaban J connectivity index is 2.26. The highest BCUT2D eigenvalue weighted by Gasteiger charge is 2.13. The molecule has 0 aliphatic carbocycles. The topological polar surface area (TPSA) is 58.4 Å². The number of anilines is 3. The van der Waals surface area contributed by atoms with Crippen LogP contribution in [0.2, 0.25) is 0 Å². The van der Waals surface area contributed by atoms with Gasteiger partial charge in [-0.1, -0.05) is 6.07 Å². The second-order valence-electron chi connectivity index (χ2n) is 5.05. The molecule has 0 aliphatic rings. The predicted octanol–water partition coefficient (Wildman–Crippen LogP) is 3.03. The van der Waals surface area contributed by atoms with E-state index in [4.69, 9.17) is 5.73 Å². The lowest BCUT2D eigenvalue weighted by Crippen LogP contribution is -2.16. The molecule has 2 aromatic carbocycles. The number of halogens is 1. The largest absolute Gasteiger partial charge is 0.396 e. The molecule has 21 heavy (non-hydrogen) atoms. The van der Waals surface area contributed by atoms with Crippen LogP contribution in [-0.2, 0) is 0 Å². The Morgan fingerprint density at radius 2 is 1.95 bits per heavy atom. The summed E-state index contributed by atoms with van der Waals surface area (Å²) in [5.41, 5.74) is 8.22. The Morgan fingerprint density at radius 3 is 2.57 bits per heavy atom. The smallest absolute Gasteiger partial charge is 0.257 e. The Bertz CT molecular complexity index is 683. The van der Waals surface area contributed by atoms with Crippen molar-refractivity contribution in [3.05, 3.63) is 53.3 Å². The second kappa shape index (κ2) is 5.83. The van der Waals surface area contributed by atoms with Gasteiger partial charge in [0.1, 0.15) is 5.82 Å². The molecule has 3 N–H and O–H groups in total. The highest BCUT2D eigenvalue weighted by molar-refractivity contribution is 6.08. The summed E-state index contributed by atoms with van der Waals surface area (Å²) in [6.45, 7) is 1.90. The van der Waals surface area contributed by atoms with E-state index in [1.54, 1.807) is 0 Å². The number of nitrogen functional groups attached to an aromatic ring is 1. The first-order chi connectivity index (χ1) is 9.90. The third kappa shape index (κ3) is 3.13. The van der Waals surface area contributed by atoms with Crippen LogP contribution in [0, 0.1) is 12.7 Å². The van der Waals surface area contributed by atoms with Crippen LogP contribution in [0.25, 0.3) is 0 Å². The van der Waals surface area contributed by atoms with Crippen molar-refractivity contribution >= 4 is 23.0 Å². The number of carbonyl (C=O) groups is 1. The Morgan fingerprint density at radius 1 is 1.24 bits per heavy atom. The first-order valence-corrected chi connectivity index (χ1v) is 6.53. The highest BCUT2D eigenvalue weighted by Crippen LogP contribution is 2.23. The highest BCUT2D eigenvalue weighted by atomic mass is 19.1. The minimum Gasteiger partial charge on any atom is -0.396 e. The summed E-state index contributed by atoms with van der Waals surface area (Å²) in [5, 5.41) is 2.76. The molecular weight excluding hydrogens is 269 g/mol. The summed E-state index contributed by atoms with van der Waals surface area (Å²) in [6, 6.07) is 9.86. The van der Waals surface area contributed by atoms with Crippen molar-refractivity contribution in [3.63, 3.8) is 0 Å². The number of hydrogen-bond acceptors (Lipinski definition) is 3. The van der Waals surface area contributed by atoms with E-state index in [0.29, 0.717) is 5.69 Å². The summed E-state index contributed by atoms with van der Waals surface area (Å²) in [6.07, 6.45) is 0. The molecule has 5 heteroatoms. The van der Waals surface area contributed by atoms with E-state index < -0.39 is 11.7 Å². The van der Waals surface area contributed by atoms with E-state index in [0.717, 1.165) is 11.3 Å². The van der Waals surface area contributed by atoms with Gasteiger partial charge in [0.2, 0.25) is 0 Å². The van der Waals surface area contributed by atoms with Gasteiger partial charge in [-0.05, 0) is 42.8 Å². The molecule has 0 saturated heterocycles. The minimum absolute atomic E-state index is 0.131. The van der Waals surface area contributed by atoms with Crippen LogP contribution in [0.5, 0.6) is 0 Å². The van der Waals surface area contributed by atoms with Crippen molar-refractivity contribution in [1.82, 2.24) is 0 Å². The SMILES string of the molecule is Cc1cc(N(C)C)ccc1NC(=O)c1cccc(F)c1N. The molecule has 0 bridgehead atoms. The standard InChI is InChI=1S/C16H18FN3O/c1-10-9-11(20(2)3)7-8-14(10)19-16(21)12-5-4-6-13(17)15(12)18/h4-9H,18H2,1-3H3,(H,19,21). The second-order valence-corrected chi connectivity index (χ2v) is 5.05. The lowest BCUT2D eigenvalue weighted by Gasteiger charge is -2.16. The molecular formula is C16H18FN3O. The molecule has 0 atom stereocenters. The first-order valence-electron chi connectivity index (χ1n) is 6.53. The van der Waals surface area contributed by atoms with Gasteiger partial charge in [-0.15, -0.1) is 0 Å². The van der Waals surface area contributed by atoms with Gasteiger partial charge in [0, 0.05) is 25.5 Å². The molecule has 2 rings (SSSR count). The zero-order valence-corrected chi connectivity index (χ0v) is 12.3. The number of amides is 1. The molecule has 0 radical (unpaired) electrons. The van der Waals surface area contributed by atoms with Crippen molar-refractivity contribution < 1.29 is 9.18 Å². The molecule has 0 aliphatic heterocycles. The van der Waals surface area contributed by atoms with Gasteiger partial charge in [0.25, 0.3) is 5.91 Å². The maximum absolute atomic E-state index is 13.4. The van der Waals surface area contributed by atoms with Crippen molar-refractivity contribution in [2.75, 3.05) is 30.0 Å². The molecule has 0 spiro atoms. The molecule has 0 aromatic heterocycles. The maximum Gasteiger partial charge on any atom is 0.257 e. The average molecular weight is 287 g/mol. The number of nitrogens with two attached hydrogens (primary N) is 1. The fraction of sp³-hybridized carbons (Fsp3) is 0.188. The van der Waals surface area contributed by atoms with Gasteiger partial charge in [-0.3, -0.25) is 4.79 Å². The quantitative estimate of drug-likeness (QED) is 0.853. The molecule has 0 unspecified atom stereocenters. The van der Waals surface area contributed by atoms with Crippen LogP contribution in [0.4, 0.5) is 21.5 Å². The minimum atomic E-state index is -0.595. The Kier molecular flexibility index (Phi) is 4.12. The van der Waals surface area contributed by atoms with Crippen molar-refractivity contribution in [1.29, 1.82) is 0 Å². The van der Waals surface area contributed by atoms with Crippen LogP contribution in [0.3, 0.4) is 0 Å². The number of aryl methyl sites for hydroxylation is 1. The van der Waals surface area contributed by atoms with Gasteiger partial charge in [0.05, 0.1) is 11.3 Å². The molecule has 0 saturated carbocycles. The van der Waals surface area contributed by atoms with Gasteiger partial charge in [-0.25, -0.2) is 4.39 Å². The van der Waals surface area contributed by atoms with E-state index in [-0.39, 0.29) is 11.3 Å². The summed E-state index contributed by atoms with van der Waals surface area (Å²) >= 11 is 0. The van der Waals surface area contributed by atoms with Gasteiger partial charge >= 0.3 is 0 Å². The fourth-order valence-electron chi connectivity index (χ4n) is 1.99. The molecule has 2 aromatic rings. The maximum atomic E-state index is 13.4. The summed E-state index contributed by atoms with van der Waals surface area (Å²) in [5.74, 6) is -1.02. The predicted molar refractivity (Wildman–Crippen MR) is 84.3 cm³/mol. The molecule has 110 valence electrons. The average Bonchev–Trinajstić information content (AvgIpc) is 2.43. The number of nitrogens with zero attached hydrogens (tertiary/aromatic N) is 1. The number of nitrogens with one attached hydrogen (secondary N) is 1. The number of hydrogen-bond donors (Lipinski definition) is 2. The normalized spacial score (nSPS) is 10.3. The van der Waals surface area contributed by atoms with Crippen molar-refractivity contribution in [2.24, 2.45) is 0 Å². The lowest BCUT2D eigenvalue weighted by atomic mass is 10.1. The summed E-state index contributed by atoms with van der Waals surface area (Å²) in [7, 11) is 3.89. The van der Waals surface area contributed by atoms with Gasteiger partial charge < -0.3 is 16.0 Å². The van der Waals surface area contributed by atoms with E-state index in [2.05, 4.69) is 5.32 Å². The molecule has 0 heterocycles. The number of carbonyl (C=O) groups excluding carboxylic acids is 1. The number of rotatable bonds is 3. The third-order valence-electron chi connectivity index (χ3n) is 3.27. The van der Waals surface area contributed by atoms with Crippen LogP contribution in [0.1, 0.15) is 15.9 Å². The van der Waals surface area contributed by atoms with Gasteiger partial charge in [0.15, 0.2) is 0 Å². The summed E-state index contributed by atoms with van der Waals surface area (Å²) < 4.78 is 13.4. The zero-order chi connectivity index (χ0) is 15.6. The van der Waals surface area contributed by atoms with Crippen LogP contribution in [0.15, 0.2) is 36.4 Å². The van der Waals surface area contributed by atoms with Crippen LogP contribution < -0.4 is 16.0 Å². The summed E-state index contributed by atoms with van der Waals surface area (Å²) in [4.78, 5) is 14.2. The van der Waals surface area contributed by atoms with Crippen LogP contribution in [-0.4, -0.2) is 20.0 Å². The Hall–Kier alpha value is -2.56. The number of para-hydroxylation sites is 1. The molecule has 1 amide bonds. The Labute approximate surface area is 123 Å². The first kappa shape index (κ1) is 14.8. The van der Waals surface area contributed by atoms with Crippen molar-refractivity contribution in [2.45, 2.75) is 6.92 Å². The molecule has 0 fully saturated rings. The van der Waals surface area contributed by atoms with E-state index in [1.807, 2.05) is 44.1 Å². The van der Waals surface area contributed by atoms with Gasteiger partial charge in [-0.2, -0.15) is 0 Å². The van der Waals surface area contributed by atoms with E-state index in [9.17, 15) is 9.18 Å². The van der Waals surface area contributed by atoms with E-state index >= 15 is 0 Å². The third-order valence-corrected chi connectivity index (χ3v) is 3.27. The van der Waals surface area contributed by atoms with E-state index in [1.165, 1.54) is 18.2 Å². The number of benzene rings is 2. The fourth-order valence-corrected chi connectivity index (χ4v) is 1.99. The monoisotopic (exact) mass is 287 g/mol. The molecule has 4 nitrogen and oxygen atoms in total. The van der Waals surface area contributed by atoms with Crippen LogP contribution >= 0.6 is 0 Å².